The fourth-order valence-electron chi connectivity index (χ4n) is 0.184. The summed E-state index contributed by atoms with van der Waals surface area (Å²) in [6.45, 7) is 0. The average molecular weight is 349 g/mol. The molecule has 7 nitrogen and oxygen atoms in total. The molecule has 10 heavy (non-hydrogen) atoms. The van der Waals surface area contributed by atoms with E-state index in [2.05, 4.69) is 4.12 Å². The van der Waals surface area contributed by atoms with Gasteiger partial charge in [0.05, 0.1) is 0 Å². The van der Waals surface area contributed by atoms with Gasteiger partial charge in [0.1, 0.15) is 0 Å². The van der Waals surface area contributed by atoms with Gasteiger partial charge in [-0.05, 0) is 0 Å². The van der Waals surface area contributed by atoms with Gasteiger partial charge in [0.15, 0.2) is 0 Å². The Morgan fingerprint density at radius 1 is 0.700 bits per heavy atom. The second-order valence-electron chi connectivity index (χ2n) is 1.25. The number of hydrogen-bond donors (Lipinski definition) is 6. The predicted molar refractivity (Wildman–Crippen MR) is 25.9 cm³/mol. The summed E-state index contributed by atoms with van der Waals surface area (Å²) in [5, 5.41) is 0. The SMILES string of the molecule is O[Si](O)(O)O[Si](O)(O)O.[Lu]. The van der Waals surface area contributed by atoms with E-state index < -0.39 is 18.1 Å². The summed E-state index contributed by atoms with van der Waals surface area (Å²) >= 11 is 0. The minimum absolute atomic E-state index is 0. The Labute approximate surface area is 87.3 Å². The van der Waals surface area contributed by atoms with Crippen molar-refractivity contribution in [3.63, 3.8) is 0 Å². The van der Waals surface area contributed by atoms with Crippen molar-refractivity contribution in [3.8, 4) is 0 Å². The quantitative estimate of drug-likeness (QED) is 0.279. The molecular formula is H6LuO7Si2. The molecule has 0 aromatic rings. The topological polar surface area (TPSA) is 131 Å². The summed E-state index contributed by atoms with van der Waals surface area (Å²) in [6.07, 6.45) is 0. The maximum absolute atomic E-state index is 7.94. The van der Waals surface area contributed by atoms with E-state index in [-0.39, 0.29) is 36.9 Å². The van der Waals surface area contributed by atoms with Crippen LogP contribution >= 0.6 is 0 Å². The van der Waals surface area contributed by atoms with Crippen LogP contribution in [0.15, 0.2) is 0 Å². The predicted octanol–water partition coefficient (Wildman–Crippen LogP) is -4.17. The molecule has 0 amide bonds. The molecule has 0 heterocycles. The third-order valence-corrected chi connectivity index (χ3v) is 2.46. The van der Waals surface area contributed by atoms with Gasteiger partial charge in [-0.1, -0.05) is 0 Å². The molecule has 0 aromatic heterocycles. The van der Waals surface area contributed by atoms with E-state index in [1.165, 1.54) is 0 Å². The van der Waals surface area contributed by atoms with Crippen LogP contribution in [0.25, 0.3) is 0 Å². The third-order valence-electron chi connectivity index (χ3n) is 0.274. The average Bonchev–Trinajstić information content (AvgIpc) is 1.14. The van der Waals surface area contributed by atoms with Crippen LogP contribution < -0.4 is 0 Å². The maximum Gasteiger partial charge on any atom is 0.665 e. The molecule has 0 saturated heterocycles. The summed E-state index contributed by atoms with van der Waals surface area (Å²) in [5.41, 5.74) is 0. The molecule has 0 atom stereocenters. The molecule has 10 heteroatoms. The van der Waals surface area contributed by atoms with Gasteiger partial charge in [0.2, 0.25) is 0 Å². The normalized spacial score (nSPS) is 12.6. The minimum Gasteiger partial charge on any atom is -0.368 e. The molecule has 0 fully saturated rings. The van der Waals surface area contributed by atoms with E-state index in [1.54, 1.807) is 0 Å². The van der Waals surface area contributed by atoms with E-state index in [0.29, 0.717) is 0 Å². The molecule has 0 aliphatic carbocycles. The van der Waals surface area contributed by atoms with Crippen molar-refractivity contribution in [1.29, 1.82) is 0 Å². The Morgan fingerprint density at radius 2 is 0.900 bits per heavy atom. The van der Waals surface area contributed by atoms with Crippen LogP contribution in [-0.2, 0) is 4.12 Å². The van der Waals surface area contributed by atoms with Gasteiger partial charge in [0, 0.05) is 36.9 Å². The molecule has 6 N–H and O–H groups in total. The van der Waals surface area contributed by atoms with Gasteiger partial charge in [-0.2, -0.15) is 0 Å². The van der Waals surface area contributed by atoms with Crippen molar-refractivity contribution in [2.45, 2.75) is 0 Å². The first-order chi connectivity index (χ1) is 3.71. The fourth-order valence-corrected chi connectivity index (χ4v) is 1.65. The summed E-state index contributed by atoms with van der Waals surface area (Å²) < 4.78 is 3.24. The van der Waals surface area contributed by atoms with Crippen LogP contribution in [0.1, 0.15) is 0 Å². The van der Waals surface area contributed by atoms with E-state index in [0.717, 1.165) is 0 Å². The van der Waals surface area contributed by atoms with Crippen LogP contribution in [0, 0.1) is 36.9 Å². The van der Waals surface area contributed by atoms with Crippen molar-refractivity contribution in [2.75, 3.05) is 0 Å². The first-order valence-electron chi connectivity index (χ1n) is 1.75. The van der Waals surface area contributed by atoms with Crippen molar-refractivity contribution < 1.29 is 69.8 Å². The molecule has 0 bridgehead atoms. The smallest absolute Gasteiger partial charge is 0.368 e. The fraction of sp³-hybridized carbons (Fsp3) is 0. The minimum atomic E-state index is -4.98. The molecule has 0 unspecified atom stereocenters. The van der Waals surface area contributed by atoms with E-state index in [4.69, 9.17) is 28.8 Å². The van der Waals surface area contributed by atoms with Crippen LogP contribution in [-0.4, -0.2) is 46.9 Å². The number of rotatable bonds is 2. The summed E-state index contributed by atoms with van der Waals surface area (Å²) in [5.74, 6) is 0. The Kier molecular flexibility index (Phi) is 6.17. The van der Waals surface area contributed by atoms with E-state index in [1.807, 2.05) is 0 Å². The summed E-state index contributed by atoms with van der Waals surface area (Å²) in [6, 6.07) is 0. The molecule has 0 saturated carbocycles. The molecule has 0 aromatic carbocycles. The standard InChI is InChI=1S/Lu.H6O7Si2/c;1-8(2,3)7-9(4,5)6/h;1-6H. The Morgan fingerprint density at radius 3 is 0.900 bits per heavy atom. The van der Waals surface area contributed by atoms with Gasteiger partial charge in [0.25, 0.3) is 0 Å². The number of hydrogen-bond acceptors (Lipinski definition) is 7. The molecule has 1 radical (unpaired) electrons. The molecule has 0 aliphatic heterocycles. The monoisotopic (exact) mass is 349 g/mol. The van der Waals surface area contributed by atoms with Crippen LogP contribution in [0.5, 0.6) is 0 Å². The first-order valence-corrected chi connectivity index (χ1v) is 5.25. The molecule has 0 rings (SSSR count). The Balaban J connectivity index is 0. The Hall–Kier alpha value is 1.39. The van der Waals surface area contributed by atoms with Gasteiger partial charge >= 0.3 is 18.1 Å². The zero-order valence-electron chi connectivity index (χ0n) is 4.35. The van der Waals surface area contributed by atoms with E-state index >= 15 is 0 Å². The maximum atomic E-state index is 7.94. The van der Waals surface area contributed by atoms with Crippen molar-refractivity contribution in [3.05, 3.63) is 0 Å². The molecule has 0 spiro atoms. The molecular weight excluding hydrogens is 343 g/mol. The van der Waals surface area contributed by atoms with Gasteiger partial charge in [-0.3, -0.25) is 0 Å². The second kappa shape index (κ2) is 4.42. The van der Waals surface area contributed by atoms with Crippen LogP contribution in [0.3, 0.4) is 0 Å². The van der Waals surface area contributed by atoms with Crippen molar-refractivity contribution in [1.82, 2.24) is 0 Å². The first kappa shape index (κ1) is 13.9. The zero-order chi connectivity index (χ0) is 7.71. The van der Waals surface area contributed by atoms with Crippen LogP contribution in [0.2, 0.25) is 0 Å². The van der Waals surface area contributed by atoms with Gasteiger partial charge in [-0.15, -0.1) is 0 Å². The summed E-state index contributed by atoms with van der Waals surface area (Å²) in [7, 11) is -9.96. The van der Waals surface area contributed by atoms with E-state index in [9.17, 15) is 0 Å². The largest absolute Gasteiger partial charge is 0.665 e. The molecule has 71 valence electrons. The van der Waals surface area contributed by atoms with Gasteiger partial charge < -0.3 is 32.9 Å². The second-order valence-corrected chi connectivity index (χ2v) is 4.36. The zero-order valence-corrected chi connectivity index (χ0v) is 8.01. The Bertz CT molecular complexity index is 76.8. The van der Waals surface area contributed by atoms with Crippen LogP contribution in [0.4, 0.5) is 0 Å². The van der Waals surface area contributed by atoms with Gasteiger partial charge in [-0.25, -0.2) is 0 Å². The van der Waals surface area contributed by atoms with Crippen molar-refractivity contribution >= 4 is 18.1 Å². The molecule has 0 aliphatic rings. The third kappa shape index (κ3) is 12.1. The van der Waals surface area contributed by atoms with Crippen molar-refractivity contribution in [2.24, 2.45) is 0 Å². The summed E-state index contributed by atoms with van der Waals surface area (Å²) in [4.78, 5) is 47.6.